The molecule has 0 N–H and O–H groups in total. The molecule has 4 aromatic rings. The Kier molecular flexibility index (Phi) is 5.61. The second kappa shape index (κ2) is 8.65. The maximum Gasteiger partial charge on any atom is 0.123 e. The predicted molar refractivity (Wildman–Crippen MR) is 112 cm³/mol. The van der Waals surface area contributed by atoms with Crippen LogP contribution in [0.3, 0.4) is 0 Å². The molecule has 144 valence electrons. The van der Waals surface area contributed by atoms with Crippen molar-refractivity contribution in [1.29, 1.82) is 0 Å². The Labute approximate surface area is 169 Å². The Balaban J connectivity index is 1.86. The highest BCUT2D eigenvalue weighted by Crippen LogP contribution is 2.37. The molecule has 4 heteroatoms. The molecule has 0 bridgehead atoms. The topological polar surface area (TPSA) is 35.0 Å². The van der Waals surface area contributed by atoms with Crippen LogP contribution in [0.1, 0.15) is 22.6 Å². The van der Waals surface area contributed by atoms with Crippen LogP contribution in [0.25, 0.3) is 11.1 Å². The van der Waals surface area contributed by atoms with Crippen LogP contribution in [-0.2, 0) is 6.42 Å². The lowest BCUT2D eigenvalue weighted by atomic mass is 9.83. The third-order valence-electron chi connectivity index (χ3n) is 5.02. The molecule has 2 aromatic heterocycles. The van der Waals surface area contributed by atoms with E-state index in [9.17, 15) is 4.39 Å². The van der Waals surface area contributed by atoms with Gasteiger partial charge in [-0.05, 0) is 70.6 Å². The molecule has 0 aliphatic heterocycles. The van der Waals surface area contributed by atoms with E-state index in [0.29, 0.717) is 0 Å². The second-order valence-electron chi connectivity index (χ2n) is 6.87. The van der Waals surface area contributed by atoms with Crippen LogP contribution in [0.2, 0.25) is 0 Å². The highest BCUT2D eigenvalue weighted by Gasteiger charge is 2.20. The molecule has 1 unspecified atom stereocenters. The van der Waals surface area contributed by atoms with Crippen LogP contribution in [0.15, 0.2) is 91.5 Å². The normalized spacial score (nSPS) is 11.8. The van der Waals surface area contributed by atoms with Crippen molar-refractivity contribution in [2.75, 3.05) is 7.11 Å². The largest absolute Gasteiger partial charge is 0.497 e. The first-order chi connectivity index (χ1) is 14.2. The fourth-order valence-corrected chi connectivity index (χ4v) is 3.62. The van der Waals surface area contributed by atoms with Crippen LogP contribution in [0.4, 0.5) is 4.39 Å². The van der Waals surface area contributed by atoms with Gasteiger partial charge in [0.05, 0.1) is 7.11 Å². The van der Waals surface area contributed by atoms with Gasteiger partial charge in [0.1, 0.15) is 11.6 Å². The predicted octanol–water partition coefficient (Wildman–Crippen LogP) is 5.67. The molecular weight excluding hydrogens is 363 g/mol. The van der Waals surface area contributed by atoms with E-state index in [1.54, 1.807) is 25.6 Å². The van der Waals surface area contributed by atoms with Crippen LogP contribution < -0.4 is 4.74 Å². The Bertz CT molecular complexity index is 1080. The standard InChI is InChI=1S/C25H21FN2O/c1-29-22-8-2-6-19(14-22)25-15-21(26)9-10-23(25)24(20-7-4-12-28-17-20)13-18-5-3-11-27-16-18/h2-12,14-17,24H,13H2,1H3. The number of benzene rings is 2. The number of pyridine rings is 2. The Morgan fingerprint density at radius 3 is 2.45 bits per heavy atom. The number of methoxy groups -OCH3 is 1. The molecule has 0 aliphatic carbocycles. The first kappa shape index (κ1) is 18.8. The molecule has 1 atom stereocenters. The van der Waals surface area contributed by atoms with Gasteiger partial charge in [0.15, 0.2) is 0 Å². The number of rotatable bonds is 6. The lowest BCUT2D eigenvalue weighted by Crippen LogP contribution is -2.08. The number of halogens is 1. The van der Waals surface area contributed by atoms with E-state index in [1.165, 1.54) is 6.07 Å². The molecule has 0 fully saturated rings. The van der Waals surface area contributed by atoms with E-state index in [4.69, 9.17) is 4.74 Å². The molecule has 0 spiro atoms. The minimum absolute atomic E-state index is 0.00898. The van der Waals surface area contributed by atoms with Gasteiger partial charge in [-0.2, -0.15) is 0 Å². The van der Waals surface area contributed by atoms with Crippen molar-refractivity contribution in [3.63, 3.8) is 0 Å². The summed E-state index contributed by atoms with van der Waals surface area (Å²) in [6, 6.07) is 20.7. The third kappa shape index (κ3) is 4.32. The summed E-state index contributed by atoms with van der Waals surface area (Å²) in [6.07, 6.45) is 8.01. The lowest BCUT2D eigenvalue weighted by Gasteiger charge is -2.22. The third-order valence-corrected chi connectivity index (χ3v) is 5.02. The summed E-state index contributed by atoms with van der Waals surface area (Å²) in [6.45, 7) is 0. The minimum Gasteiger partial charge on any atom is -0.497 e. The zero-order valence-corrected chi connectivity index (χ0v) is 16.1. The summed E-state index contributed by atoms with van der Waals surface area (Å²) in [7, 11) is 1.63. The van der Waals surface area contributed by atoms with Gasteiger partial charge in [0.2, 0.25) is 0 Å². The maximum atomic E-state index is 14.3. The monoisotopic (exact) mass is 384 g/mol. The van der Waals surface area contributed by atoms with Gasteiger partial charge in [-0.15, -0.1) is 0 Å². The fourth-order valence-electron chi connectivity index (χ4n) is 3.62. The van der Waals surface area contributed by atoms with Gasteiger partial charge in [-0.3, -0.25) is 9.97 Å². The zero-order chi connectivity index (χ0) is 20.1. The quantitative estimate of drug-likeness (QED) is 0.430. The number of hydrogen-bond donors (Lipinski definition) is 0. The number of aromatic nitrogens is 2. The molecule has 0 saturated carbocycles. The van der Waals surface area contributed by atoms with Gasteiger partial charge in [-0.25, -0.2) is 4.39 Å². The minimum atomic E-state index is -0.266. The van der Waals surface area contributed by atoms with Crippen molar-refractivity contribution in [3.05, 3.63) is 114 Å². The first-order valence-corrected chi connectivity index (χ1v) is 9.47. The summed E-state index contributed by atoms with van der Waals surface area (Å²) >= 11 is 0. The molecule has 3 nitrogen and oxygen atoms in total. The number of hydrogen-bond acceptors (Lipinski definition) is 3. The molecular formula is C25H21FN2O. The van der Waals surface area contributed by atoms with Crippen molar-refractivity contribution in [1.82, 2.24) is 9.97 Å². The van der Waals surface area contributed by atoms with Crippen LogP contribution in [0.5, 0.6) is 5.75 Å². The summed E-state index contributed by atoms with van der Waals surface area (Å²) in [5.74, 6) is 0.482. The molecule has 0 amide bonds. The van der Waals surface area contributed by atoms with Crippen molar-refractivity contribution in [2.24, 2.45) is 0 Å². The van der Waals surface area contributed by atoms with Gasteiger partial charge >= 0.3 is 0 Å². The van der Waals surface area contributed by atoms with E-state index in [2.05, 4.69) is 22.1 Å². The SMILES string of the molecule is COc1cccc(-c2cc(F)ccc2C(Cc2cccnc2)c2cccnc2)c1. The van der Waals surface area contributed by atoms with Crippen molar-refractivity contribution in [3.8, 4) is 16.9 Å². The second-order valence-corrected chi connectivity index (χ2v) is 6.87. The zero-order valence-electron chi connectivity index (χ0n) is 16.1. The molecule has 0 aliphatic rings. The Hall–Kier alpha value is -3.53. The van der Waals surface area contributed by atoms with Gasteiger partial charge in [0.25, 0.3) is 0 Å². The molecule has 4 rings (SSSR count). The van der Waals surface area contributed by atoms with E-state index in [-0.39, 0.29) is 11.7 Å². The van der Waals surface area contributed by atoms with E-state index in [1.807, 2.05) is 54.9 Å². The number of nitrogens with zero attached hydrogens (tertiary/aromatic N) is 2. The number of ether oxygens (including phenoxy) is 1. The summed E-state index contributed by atoms with van der Waals surface area (Å²) < 4.78 is 19.6. The smallest absolute Gasteiger partial charge is 0.123 e. The van der Waals surface area contributed by atoms with E-state index in [0.717, 1.165) is 40.0 Å². The molecule has 29 heavy (non-hydrogen) atoms. The first-order valence-electron chi connectivity index (χ1n) is 9.47. The average molecular weight is 384 g/mol. The summed E-state index contributed by atoms with van der Waals surface area (Å²) in [4.78, 5) is 8.56. The van der Waals surface area contributed by atoms with E-state index < -0.39 is 0 Å². The van der Waals surface area contributed by atoms with Crippen molar-refractivity contribution in [2.45, 2.75) is 12.3 Å². The fraction of sp³-hybridized carbons (Fsp3) is 0.120. The summed E-state index contributed by atoms with van der Waals surface area (Å²) in [5.41, 5.74) is 4.99. The summed E-state index contributed by atoms with van der Waals surface area (Å²) in [5, 5.41) is 0. The van der Waals surface area contributed by atoms with Gasteiger partial charge in [0, 0.05) is 30.7 Å². The highest BCUT2D eigenvalue weighted by atomic mass is 19.1. The highest BCUT2D eigenvalue weighted by molar-refractivity contribution is 5.70. The van der Waals surface area contributed by atoms with Crippen molar-refractivity contribution < 1.29 is 9.13 Å². The van der Waals surface area contributed by atoms with Crippen LogP contribution in [0, 0.1) is 5.82 Å². The maximum absolute atomic E-state index is 14.3. The molecule has 2 heterocycles. The van der Waals surface area contributed by atoms with E-state index >= 15 is 0 Å². The van der Waals surface area contributed by atoms with Crippen molar-refractivity contribution >= 4 is 0 Å². The van der Waals surface area contributed by atoms with Crippen LogP contribution in [-0.4, -0.2) is 17.1 Å². The molecule has 0 radical (unpaired) electrons. The Morgan fingerprint density at radius 2 is 1.72 bits per heavy atom. The van der Waals surface area contributed by atoms with Gasteiger partial charge in [-0.1, -0.05) is 30.3 Å². The van der Waals surface area contributed by atoms with Crippen LogP contribution >= 0.6 is 0 Å². The average Bonchev–Trinajstić information content (AvgIpc) is 2.79. The lowest BCUT2D eigenvalue weighted by molar-refractivity contribution is 0.415. The molecule has 2 aromatic carbocycles. The Morgan fingerprint density at radius 1 is 0.897 bits per heavy atom. The van der Waals surface area contributed by atoms with Gasteiger partial charge < -0.3 is 4.74 Å². The molecule has 0 saturated heterocycles.